The third-order valence-corrected chi connectivity index (χ3v) is 5.95. The third-order valence-electron chi connectivity index (χ3n) is 4.71. The summed E-state index contributed by atoms with van der Waals surface area (Å²) in [5, 5.41) is 2.29. The Hall–Kier alpha value is -2.12. The first-order chi connectivity index (χ1) is 13.4. The van der Waals surface area contributed by atoms with Crippen molar-refractivity contribution in [3.8, 4) is 0 Å². The number of carbonyl (C=O) groups excluding carboxylic acids is 1. The van der Waals surface area contributed by atoms with E-state index < -0.39 is 0 Å². The maximum atomic E-state index is 13.5. The second-order valence-electron chi connectivity index (χ2n) is 7.07. The molecule has 0 atom stereocenters. The first-order valence-electron chi connectivity index (χ1n) is 9.03. The molecule has 4 rings (SSSR count). The number of para-hydroxylation sites is 1. The number of likely N-dealkylation sites (N-methyl/N-ethyl adjacent to an activating group) is 1. The fourth-order valence-electron chi connectivity index (χ4n) is 3.24. The maximum absolute atomic E-state index is 13.5. The van der Waals surface area contributed by atoms with Crippen LogP contribution in [0, 0.1) is 6.92 Å². The first kappa shape index (κ1) is 21.6. The zero-order chi connectivity index (χ0) is 19.8. The molecule has 0 fully saturated rings. The van der Waals surface area contributed by atoms with Gasteiger partial charge in [0, 0.05) is 35.2 Å². The summed E-state index contributed by atoms with van der Waals surface area (Å²) in [7, 11) is 3.99. The van der Waals surface area contributed by atoms with E-state index in [0.29, 0.717) is 22.3 Å². The van der Waals surface area contributed by atoms with Crippen LogP contribution in [0.2, 0.25) is 5.02 Å². The number of hydrogen-bond donors (Lipinski definition) is 1. The van der Waals surface area contributed by atoms with E-state index in [1.165, 1.54) is 11.3 Å². The van der Waals surface area contributed by atoms with Crippen LogP contribution in [0.1, 0.15) is 15.9 Å². The van der Waals surface area contributed by atoms with E-state index >= 15 is 0 Å². The van der Waals surface area contributed by atoms with Crippen molar-refractivity contribution in [3.63, 3.8) is 0 Å². The van der Waals surface area contributed by atoms with Crippen LogP contribution in [-0.2, 0) is 0 Å². The second-order valence-corrected chi connectivity index (χ2v) is 8.52. The summed E-state index contributed by atoms with van der Waals surface area (Å²) < 4.78 is 0.988. The minimum atomic E-state index is -0.0536. The smallest absolute Gasteiger partial charge is 0.262 e. The SMILES string of the molecule is Cc1cc(Cl)cc2sc(N(CCN(C)C)C(=O)c3c[nH]c4ccccc34)nc12.Cl. The number of carbonyl (C=O) groups is 1. The van der Waals surface area contributed by atoms with E-state index in [1.807, 2.05) is 57.4 Å². The van der Waals surface area contributed by atoms with E-state index in [4.69, 9.17) is 16.6 Å². The van der Waals surface area contributed by atoms with E-state index in [1.54, 1.807) is 11.1 Å². The molecule has 0 aliphatic rings. The lowest BCUT2D eigenvalue weighted by atomic mass is 10.1. The molecule has 0 bridgehead atoms. The highest BCUT2D eigenvalue weighted by molar-refractivity contribution is 7.22. The molecular weight excluding hydrogens is 427 g/mol. The molecule has 8 heteroatoms. The number of aromatic amines is 1. The Morgan fingerprint density at radius 2 is 1.97 bits per heavy atom. The van der Waals surface area contributed by atoms with Crippen LogP contribution in [0.4, 0.5) is 5.13 Å². The van der Waals surface area contributed by atoms with Gasteiger partial charge in [0.1, 0.15) is 0 Å². The van der Waals surface area contributed by atoms with Gasteiger partial charge in [-0.1, -0.05) is 41.1 Å². The lowest BCUT2D eigenvalue weighted by molar-refractivity contribution is 0.0987. The molecule has 2 aromatic carbocycles. The number of benzene rings is 2. The van der Waals surface area contributed by atoms with Crippen LogP contribution >= 0.6 is 35.3 Å². The molecule has 0 aliphatic carbocycles. The Morgan fingerprint density at radius 3 is 2.72 bits per heavy atom. The minimum Gasteiger partial charge on any atom is -0.360 e. The number of aryl methyl sites for hydroxylation is 1. The van der Waals surface area contributed by atoms with Gasteiger partial charge in [-0.15, -0.1) is 12.4 Å². The molecule has 4 aromatic rings. The minimum absolute atomic E-state index is 0. The second kappa shape index (κ2) is 8.71. The van der Waals surface area contributed by atoms with Gasteiger partial charge in [-0.2, -0.15) is 0 Å². The molecule has 0 spiro atoms. The van der Waals surface area contributed by atoms with Crippen molar-refractivity contribution in [3.05, 3.63) is 58.7 Å². The van der Waals surface area contributed by atoms with Crippen LogP contribution in [0.5, 0.6) is 0 Å². The summed E-state index contributed by atoms with van der Waals surface area (Å²) in [6, 6.07) is 11.6. The number of nitrogens with one attached hydrogen (secondary N) is 1. The van der Waals surface area contributed by atoms with Crippen LogP contribution in [0.15, 0.2) is 42.6 Å². The topological polar surface area (TPSA) is 52.2 Å². The number of thiazole rings is 1. The Labute approximate surface area is 184 Å². The van der Waals surface area contributed by atoms with Crippen LogP contribution in [0.3, 0.4) is 0 Å². The highest BCUT2D eigenvalue weighted by Gasteiger charge is 2.24. The van der Waals surface area contributed by atoms with E-state index in [2.05, 4.69) is 9.88 Å². The number of rotatable bonds is 5. The molecule has 0 saturated heterocycles. The average Bonchev–Trinajstić information content (AvgIpc) is 3.25. The van der Waals surface area contributed by atoms with Gasteiger partial charge in [0.05, 0.1) is 15.8 Å². The summed E-state index contributed by atoms with van der Waals surface area (Å²) >= 11 is 7.71. The molecule has 0 saturated carbocycles. The van der Waals surface area contributed by atoms with Crippen molar-refractivity contribution in [1.82, 2.24) is 14.9 Å². The van der Waals surface area contributed by atoms with E-state index in [-0.39, 0.29) is 18.3 Å². The fourth-order valence-corrected chi connectivity index (χ4v) is 4.68. The number of fused-ring (bicyclic) bond motifs is 2. The van der Waals surface area contributed by atoms with Gasteiger partial charge in [0.2, 0.25) is 0 Å². The van der Waals surface area contributed by atoms with Gasteiger partial charge in [-0.3, -0.25) is 9.69 Å². The summed E-state index contributed by atoms with van der Waals surface area (Å²) in [5.41, 5.74) is 3.51. The predicted molar refractivity (Wildman–Crippen MR) is 125 cm³/mol. The number of halogens is 2. The Balaban J connectivity index is 0.00000240. The van der Waals surface area contributed by atoms with Crippen molar-refractivity contribution < 1.29 is 4.79 Å². The van der Waals surface area contributed by atoms with Crippen LogP contribution in [-0.4, -0.2) is 48.0 Å². The number of aromatic nitrogens is 2. The molecule has 0 radical (unpaired) electrons. The van der Waals surface area contributed by atoms with Gasteiger partial charge in [-0.05, 0) is 44.8 Å². The maximum Gasteiger partial charge on any atom is 0.262 e. The number of nitrogens with zero attached hydrogens (tertiary/aromatic N) is 3. The molecule has 2 aromatic heterocycles. The van der Waals surface area contributed by atoms with Gasteiger partial charge < -0.3 is 9.88 Å². The molecule has 0 unspecified atom stereocenters. The van der Waals surface area contributed by atoms with Crippen molar-refractivity contribution in [1.29, 1.82) is 0 Å². The fraction of sp³-hybridized carbons (Fsp3) is 0.238. The molecule has 29 heavy (non-hydrogen) atoms. The van der Waals surface area contributed by atoms with E-state index in [0.717, 1.165) is 33.2 Å². The zero-order valence-corrected chi connectivity index (χ0v) is 18.8. The Kier molecular flexibility index (Phi) is 6.49. The van der Waals surface area contributed by atoms with Gasteiger partial charge in [-0.25, -0.2) is 4.98 Å². The van der Waals surface area contributed by atoms with Crippen molar-refractivity contribution >= 4 is 67.5 Å². The summed E-state index contributed by atoms with van der Waals surface area (Å²) in [5.74, 6) is -0.0536. The van der Waals surface area contributed by atoms with Crippen LogP contribution < -0.4 is 4.90 Å². The van der Waals surface area contributed by atoms with Gasteiger partial charge >= 0.3 is 0 Å². The number of amides is 1. The standard InChI is InChI=1S/C21H21ClN4OS.ClH/c1-13-10-14(22)11-18-19(13)24-21(28-18)26(9-8-25(2)3)20(27)16-12-23-17-7-5-4-6-15(16)17;/h4-7,10-12,23H,8-9H2,1-3H3;1H. The molecule has 0 aliphatic heterocycles. The van der Waals surface area contributed by atoms with E-state index in [9.17, 15) is 4.79 Å². The molecule has 1 N–H and O–H groups in total. The lowest BCUT2D eigenvalue weighted by Gasteiger charge is -2.21. The van der Waals surface area contributed by atoms with Crippen molar-refractivity contribution in [2.75, 3.05) is 32.1 Å². The highest BCUT2D eigenvalue weighted by atomic mass is 35.5. The predicted octanol–water partition coefficient (Wildman–Crippen LogP) is 5.37. The highest BCUT2D eigenvalue weighted by Crippen LogP contribution is 2.34. The molecular formula is C21H22Cl2N4OS. The molecule has 152 valence electrons. The molecule has 1 amide bonds. The first-order valence-corrected chi connectivity index (χ1v) is 10.2. The van der Waals surface area contributed by atoms with Crippen LogP contribution in [0.25, 0.3) is 21.1 Å². The van der Waals surface area contributed by atoms with Gasteiger partial charge in [0.25, 0.3) is 5.91 Å². The average molecular weight is 449 g/mol. The number of hydrogen-bond acceptors (Lipinski definition) is 4. The largest absolute Gasteiger partial charge is 0.360 e. The number of anilines is 1. The van der Waals surface area contributed by atoms with Gasteiger partial charge in [0.15, 0.2) is 5.13 Å². The van der Waals surface area contributed by atoms with Crippen molar-refractivity contribution in [2.45, 2.75) is 6.92 Å². The normalized spacial score (nSPS) is 11.2. The third kappa shape index (κ3) is 4.26. The quantitative estimate of drug-likeness (QED) is 0.446. The molecule has 5 nitrogen and oxygen atoms in total. The molecule has 2 heterocycles. The Bertz CT molecular complexity index is 1170. The zero-order valence-electron chi connectivity index (χ0n) is 16.4. The monoisotopic (exact) mass is 448 g/mol. The Morgan fingerprint density at radius 1 is 1.21 bits per heavy atom. The lowest BCUT2D eigenvalue weighted by Crippen LogP contribution is -2.36. The summed E-state index contributed by atoms with van der Waals surface area (Å²) in [6.07, 6.45) is 1.78. The summed E-state index contributed by atoms with van der Waals surface area (Å²) in [4.78, 5) is 25.3. The van der Waals surface area contributed by atoms with Crippen molar-refractivity contribution in [2.24, 2.45) is 0 Å². The number of H-pyrrole nitrogens is 1. The summed E-state index contributed by atoms with van der Waals surface area (Å²) in [6.45, 7) is 3.28.